The summed E-state index contributed by atoms with van der Waals surface area (Å²) >= 11 is 1.33. The maximum atomic E-state index is 13.3. The molecule has 158 valence electrons. The number of amides is 1. The third-order valence-corrected chi connectivity index (χ3v) is 5.87. The van der Waals surface area contributed by atoms with Crippen LogP contribution in [0.4, 0.5) is 5.69 Å². The minimum absolute atomic E-state index is 0.133. The number of hydrogen-bond donors (Lipinski definition) is 0. The summed E-state index contributed by atoms with van der Waals surface area (Å²) in [5, 5.41) is 0.600. The van der Waals surface area contributed by atoms with Crippen molar-refractivity contribution >= 4 is 34.6 Å². The van der Waals surface area contributed by atoms with Crippen LogP contribution in [-0.2, 0) is 11.3 Å². The van der Waals surface area contributed by atoms with E-state index in [4.69, 9.17) is 18.9 Å². The molecule has 0 spiro atoms. The first-order valence-electron chi connectivity index (χ1n) is 9.70. The molecule has 0 unspecified atom stereocenters. The Bertz CT molecular complexity index is 1140. The number of thioether (sulfide) groups is 1. The zero-order valence-electron chi connectivity index (χ0n) is 17.5. The van der Waals surface area contributed by atoms with E-state index in [9.17, 15) is 4.79 Å². The molecule has 1 aromatic heterocycles. The van der Waals surface area contributed by atoms with Gasteiger partial charge in [-0.2, -0.15) is 0 Å². The van der Waals surface area contributed by atoms with Crippen LogP contribution < -0.4 is 9.47 Å². The van der Waals surface area contributed by atoms with Gasteiger partial charge in [-0.25, -0.2) is 4.99 Å². The summed E-state index contributed by atoms with van der Waals surface area (Å²) in [4.78, 5) is 20.2. The molecule has 1 amide bonds. The van der Waals surface area contributed by atoms with Crippen LogP contribution in [0.5, 0.6) is 11.5 Å². The first-order valence-corrected chi connectivity index (χ1v) is 10.5. The van der Waals surface area contributed by atoms with Crippen LogP contribution in [-0.4, -0.2) is 30.2 Å². The quantitative estimate of drug-likeness (QED) is 0.486. The SMILES string of the molecule is COc1ccc(/C=C2/SC(=Nc3ccccc3)N(Cc3ccco3)C2=O)c(OC)c1C. The van der Waals surface area contributed by atoms with Crippen LogP contribution in [0.1, 0.15) is 16.9 Å². The van der Waals surface area contributed by atoms with E-state index in [0.29, 0.717) is 28.1 Å². The first-order chi connectivity index (χ1) is 15.1. The van der Waals surface area contributed by atoms with Gasteiger partial charge in [0.25, 0.3) is 5.91 Å². The van der Waals surface area contributed by atoms with Crippen LogP contribution >= 0.6 is 11.8 Å². The highest BCUT2D eigenvalue weighted by Gasteiger charge is 2.34. The lowest BCUT2D eigenvalue weighted by molar-refractivity contribution is -0.122. The Balaban J connectivity index is 1.73. The van der Waals surface area contributed by atoms with Crippen molar-refractivity contribution in [1.82, 2.24) is 4.90 Å². The number of furan rings is 1. The molecule has 0 atom stereocenters. The van der Waals surface area contributed by atoms with Crippen molar-refractivity contribution in [3.63, 3.8) is 0 Å². The molecule has 1 aliphatic heterocycles. The van der Waals surface area contributed by atoms with Gasteiger partial charge >= 0.3 is 0 Å². The van der Waals surface area contributed by atoms with Gasteiger partial charge in [0.1, 0.15) is 17.3 Å². The molecular formula is C24H22N2O4S. The van der Waals surface area contributed by atoms with Crippen molar-refractivity contribution < 1.29 is 18.7 Å². The first kappa shape index (κ1) is 20.8. The van der Waals surface area contributed by atoms with E-state index in [2.05, 4.69) is 0 Å². The fraction of sp³-hybridized carbons (Fsp3) is 0.167. The maximum absolute atomic E-state index is 13.3. The molecule has 0 saturated carbocycles. The Hall–Kier alpha value is -3.45. The van der Waals surface area contributed by atoms with E-state index in [-0.39, 0.29) is 5.91 Å². The van der Waals surface area contributed by atoms with Gasteiger partial charge in [-0.1, -0.05) is 18.2 Å². The molecule has 0 bridgehead atoms. The van der Waals surface area contributed by atoms with Gasteiger partial charge in [0.05, 0.1) is 37.6 Å². The standard InChI is InChI=1S/C24H22N2O4S/c1-16-20(28-2)12-11-17(22(16)29-3)14-21-23(27)26(15-19-10-7-13-30-19)24(31-21)25-18-8-5-4-6-9-18/h4-14H,15H2,1-3H3/b21-14+,25-24?. The van der Waals surface area contributed by atoms with Crippen molar-refractivity contribution in [2.75, 3.05) is 14.2 Å². The van der Waals surface area contributed by atoms with Gasteiger partial charge < -0.3 is 13.9 Å². The van der Waals surface area contributed by atoms with Gasteiger partial charge in [-0.15, -0.1) is 0 Å². The van der Waals surface area contributed by atoms with Gasteiger partial charge in [0.15, 0.2) is 5.17 Å². The molecule has 2 heterocycles. The largest absolute Gasteiger partial charge is 0.496 e. The van der Waals surface area contributed by atoms with E-state index in [1.54, 1.807) is 31.4 Å². The highest BCUT2D eigenvalue weighted by molar-refractivity contribution is 8.18. The molecule has 2 aromatic carbocycles. The molecular weight excluding hydrogens is 412 g/mol. The molecule has 1 saturated heterocycles. The number of nitrogens with zero attached hydrogens (tertiary/aromatic N) is 2. The lowest BCUT2D eigenvalue weighted by Gasteiger charge is -2.14. The lowest BCUT2D eigenvalue weighted by Crippen LogP contribution is -2.28. The summed E-state index contributed by atoms with van der Waals surface area (Å²) in [6.45, 7) is 2.23. The average molecular weight is 435 g/mol. The second-order valence-corrected chi connectivity index (χ2v) is 7.84. The number of para-hydroxylation sites is 1. The smallest absolute Gasteiger partial charge is 0.267 e. The molecule has 1 aliphatic rings. The molecule has 4 rings (SSSR count). The Labute approximate surface area is 185 Å². The number of carbonyl (C=O) groups is 1. The monoisotopic (exact) mass is 434 g/mol. The van der Waals surface area contributed by atoms with E-state index in [0.717, 1.165) is 22.6 Å². The minimum atomic E-state index is -0.133. The highest BCUT2D eigenvalue weighted by atomic mass is 32.2. The number of hydrogen-bond acceptors (Lipinski definition) is 6. The predicted molar refractivity (Wildman–Crippen MR) is 123 cm³/mol. The Morgan fingerprint density at radius 2 is 1.87 bits per heavy atom. The van der Waals surface area contributed by atoms with Crippen LogP contribution in [0.15, 0.2) is 75.2 Å². The van der Waals surface area contributed by atoms with Crippen molar-refractivity contribution in [3.05, 3.63) is 82.7 Å². The number of amidine groups is 1. The lowest BCUT2D eigenvalue weighted by atomic mass is 10.1. The molecule has 1 fully saturated rings. The fourth-order valence-electron chi connectivity index (χ4n) is 3.34. The van der Waals surface area contributed by atoms with Crippen molar-refractivity contribution in [3.8, 4) is 11.5 Å². The Kier molecular flexibility index (Phi) is 6.13. The second-order valence-electron chi connectivity index (χ2n) is 6.83. The third-order valence-electron chi connectivity index (χ3n) is 4.86. The maximum Gasteiger partial charge on any atom is 0.267 e. The molecule has 6 nitrogen and oxygen atoms in total. The van der Waals surface area contributed by atoms with Crippen molar-refractivity contribution in [1.29, 1.82) is 0 Å². The minimum Gasteiger partial charge on any atom is -0.496 e. The molecule has 0 aliphatic carbocycles. The Morgan fingerprint density at radius 3 is 2.55 bits per heavy atom. The highest BCUT2D eigenvalue weighted by Crippen LogP contribution is 2.38. The molecule has 0 N–H and O–H groups in total. The number of carbonyl (C=O) groups excluding carboxylic acids is 1. The summed E-state index contributed by atoms with van der Waals surface area (Å²) in [7, 11) is 3.23. The van der Waals surface area contributed by atoms with Gasteiger partial charge in [0.2, 0.25) is 0 Å². The zero-order chi connectivity index (χ0) is 21.8. The molecule has 7 heteroatoms. The summed E-state index contributed by atoms with van der Waals surface area (Å²) in [5.41, 5.74) is 2.46. The second kappa shape index (κ2) is 9.14. The van der Waals surface area contributed by atoms with Crippen LogP contribution in [0.2, 0.25) is 0 Å². The van der Waals surface area contributed by atoms with E-state index >= 15 is 0 Å². The molecule has 31 heavy (non-hydrogen) atoms. The van der Waals surface area contributed by atoms with E-state index in [1.165, 1.54) is 11.8 Å². The number of ether oxygens (including phenoxy) is 2. The number of aliphatic imine (C=N–C) groups is 1. The van der Waals surface area contributed by atoms with Crippen LogP contribution in [0.25, 0.3) is 6.08 Å². The summed E-state index contributed by atoms with van der Waals surface area (Å²) < 4.78 is 16.4. The summed E-state index contributed by atoms with van der Waals surface area (Å²) in [6.07, 6.45) is 3.43. The third kappa shape index (κ3) is 4.36. The molecule has 0 radical (unpaired) electrons. The van der Waals surface area contributed by atoms with Gasteiger partial charge in [0, 0.05) is 11.1 Å². The van der Waals surface area contributed by atoms with E-state index < -0.39 is 0 Å². The van der Waals surface area contributed by atoms with Crippen molar-refractivity contribution in [2.45, 2.75) is 13.5 Å². The van der Waals surface area contributed by atoms with Crippen molar-refractivity contribution in [2.24, 2.45) is 4.99 Å². The summed E-state index contributed by atoms with van der Waals surface area (Å²) in [6, 6.07) is 17.0. The van der Waals surface area contributed by atoms with Crippen LogP contribution in [0.3, 0.4) is 0 Å². The average Bonchev–Trinajstić information content (AvgIpc) is 3.39. The predicted octanol–water partition coefficient (Wildman–Crippen LogP) is 5.41. The zero-order valence-corrected chi connectivity index (χ0v) is 18.3. The Morgan fingerprint density at radius 1 is 1.06 bits per heavy atom. The van der Waals surface area contributed by atoms with Crippen LogP contribution in [0, 0.1) is 6.92 Å². The normalized spacial score (nSPS) is 16.4. The number of benzene rings is 2. The number of methoxy groups -OCH3 is 2. The topological polar surface area (TPSA) is 64.3 Å². The molecule has 3 aromatic rings. The van der Waals surface area contributed by atoms with Gasteiger partial charge in [-0.3, -0.25) is 9.69 Å². The number of rotatable bonds is 6. The van der Waals surface area contributed by atoms with E-state index in [1.807, 2.05) is 61.5 Å². The summed E-state index contributed by atoms with van der Waals surface area (Å²) in [5.74, 6) is 1.96. The fourth-order valence-corrected chi connectivity index (χ4v) is 4.33. The van der Waals surface area contributed by atoms with Gasteiger partial charge in [-0.05, 0) is 61.2 Å².